The van der Waals surface area contributed by atoms with Gasteiger partial charge >= 0.3 is 11.9 Å². The van der Waals surface area contributed by atoms with Crippen molar-refractivity contribution in [1.29, 1.82) is 0 Å². The SMILES string of the molecule is COC(=O)c1c(C)[nH]c(C(=O)[C@@H](C)OC(=O)c2ccc(C(N)=O)cc2)c1C. The first-order chi connectivity index (χ1) is 12.7. The summed E-state index contributed by atoms with van der Waals surface area (Å²) in [7, 11) is 1.25. The number of ketones is 1. The molecule has 1 heterocycles. The number of rotatable bonds is 6. The Labute approximate surface area is 155 Å². The average molecular weight is 372 g/mol. The number of methoxy groups -OCH3 is 1. The number of benzene rings is 1. The van der Waals surface area contributed by atoms with Crippen LogP contribution in [0.4, 0.5) is 0 Å². The van der Waals surface area contributed by atoms with E-state index in [0.29, 0.717) is 11.3 Å². The normalized spacial score (nSPS) is 11.6. The first kappa shape index (κ1) is 19.9. The fraction of sp³-hybridized carbons (Fsp3) is 0.263. The lowest BCUT2D eigenvalue weighted by atomic mass is 10.1. The standard InChI is InChI=1S/C19H20N2O6/c1-9-14(19(25)26-4)10(2)21-15(9)16(22)11(3)27-18(24)13-7-5-12(6-8-13)17(20)23/h5-8,11,21H,1-4H3,(H2,20,23)/t11-/m1/s1. The molecule has 1 atom stereocenters. The number of aryl methyl sites for hydroxylation is 1. The monoisotopic (exact) mass is 372 g/mol. The summed E-state index contributed by atoms with van der Waals surface area (Å²) in [6.45, 7) is 4.69. The molecule has 0 saturated heterocycles. The predicted molar refractivity (Wildman–Crippen MR) is 95.8 cm³/mol. The second-order valence-corrected chi connectivity index (χ2v) is 5.97. The molecule has 0 spiro atoms. The summed E-state index contributed by atoms with van der Waals surface area (Å²) in [5.74, 6) is -2.37. The van der Waals surface area contributed by atoms with Crippen LogP contribution in [0.25, 0.3) is 0 Å². The van der Waals surface area contributed by atoms with Crippen molar-refractivity contribution >= 4 is 23.6 Å². The summed E-state index contributed by atoms with van der Waals surface area (Å²) in [4.78, 5) is 50.6. The van der Waals surface area contributed by atoms with Gasteiger partial charge in [0.15, 0.2) is 6.10 Å². The Balaban J connectivity index is 2.17. The molecule has 1 amide bonds. The van der Waals surface area contributed by atoms with Crippen LogP contribution in [-0.4, -0.2) is 41.8 Å². The van der Waals surface area contributed by atoms with Crippen LogP contribution >= 0.6 is 0 Å². The molecule has 1 aromatic carbocycles. The number of aromatic nitrogens is 1. The number of amides is 1. The fourth-order valence-corrected chi connectivity index (χ4v) is 2.66. The summed E-state index contributed by atoms with van der Waals surface area (Å²) >= 11 is 0. The van der Waals surface area contributed by atoms with Gasteiger partial charge in [-0.3, -0.25) is 9.59 Å². The first-order valence-electron chi connectivity index (χ1n) is 8.09. The largest absolute Gasteiger partial charge is 0.465 e. The maximum Gasteiger partial charge on any atom is 0.339 e. The molecule has 27 heavy (non-hydrogen) atoms. The third kappa shape index (κ3) is 4.05. The van der Waals surface area contributed by atoms with E-state index in [2.05, 4.69) is 4.98 Å². The van der Waals surface area contributed by atoms with Crippen molar-refractivity contribution in [2.75, 3.05) is 7.11 Å². The molecule has 0 saturated carbocycles. The smallest absolute Gasteiger partial charge is 0.339 e. The molecule has 0 radical (unpaired) electrons. The van der Waals surface area contributed by atoms with Gasteiger partial charge in [-0.2, -0.15) is 0 Å². The van der Waals surface area contributed by atoms with Crippen LogP contribution < -0.4 is 5.73 Å². The Kier molecular flexibility index (Phi) is 5.79. The van der Waals surface area contributed by atoms with Crippen molar-refractivity contribution < 1.29 is 28.7 Å². The molecule has 8 nitrogen and oxygen atoms in total. The van der Waals surface area contributed by atoms with E-state index in [1.807, 2.05) is 0 Å². The summed E-state index contributed by atoms with van der Waals surface area (Å²) in [6, 6.07) is 5.57. The molecule has 2 rings (SSSR count). The van der Waals surface area contributed by atoms with Gasteiger partial charge in [0, 0.05) is 11.3 Å². The molecule has 0 bridgehead atoms. The molecule has 3 N–H and O–H groups in total. The number of aromatic amines is 1. The van der Waals surface area contributed by atoms with E-state index in [0.717, 1.165) is 0 Å². The van der Waals surface area contributed by atoms with Crippen LogP contribution in [0.15, 0.2) is 24.3 Å². The third-order valence-corrected chi connectivity index (χ3v) is 4.13. The molecule has 1 aromatic heterocycles. The second kappa shape index (κ2) is 7.86. The molecule has 0 aliphatic rings. The van der Waals surface area contributed by atoms with Gasteiger partial charge in [-0.15, -0.1) is 0 Å². The number of ether oxygens (including phenoxy) is 2. The Morgan fingerprint density at radius 1 is 1.00 bits per heavy atom. The summed E-state index contributed by atoms with van der Waals surface area (Å²) < 4.78 is 9.91. The molecular weight excluding hydrogens is 352 g/mol. The molecule has 0 aliphatic carbocycles. The number of hydrogen-bond acceptors (Lipinski definition) is 6. The number of carbonyl (C=O) groups excluding carboxylic acids is 4. The number of H-pyrrole nitrogens is 1. The highest BCUT2D eigenvalue weighted by Gasteiger charge is 2.27. The van der Waals surface area contributed by atoms with Gasteiger partial charge in [0.25, 0.3) is 0 Å². The van der Waals surface area contributed by atoms with E-state index in [-0.39, 0.29) is 22.4 Å². The van der Waals surface area contributed by atoms with Crippen molar-refractivity contribution in [3.63, 3.8) is 0 Å². The minimum Gasteiger partial charge on any atom is -0.465 e. The van der Waals surface area contributed by atoms with Gasteiger partial charge in [0.05, 0.1) is 23.9 Å². The first-order valence-corrected chi connectivity index (χ1v) is 8.09. The van der Waals surface area contributed by atoms with E-state index in [4.69, 9.17) is 15.2 Å². The van der Waals surface area contributed by atoms with Crippen LogP contribution in [0.3, 0.4) is 0 Å². The fourth-order valence-electron chi connectivity index (χ4n) is 2.66. The highest BCUT2D eigenvalue weighted by Crippen LogP contribution is 2.21. The van der Waals surface area contributed by atoms with Crippen LogP contribution in [0.5, 0.6) is 0 Å². The molecule has 142 valence electrons. The molecule has 0 fully saturated rings. The second-order valence-electron chi connectivity index (χ2n) is 5.97. The predicted octanol–water partition coefficient (Wildman–Crippen LogP) is 1.95. The van der Waals surface area contributed by atoms with Gasteiger partial charge in [-0.05, 0) is 50.6 Å². The molecular formula is C19H20N2O6. The minimum atomic E-state index is -1.09. The van der Waals surface area contributed by atoms with Crippen molar-refractivity contribution in [3.8, 4) is 0 Å². The Hall–Kier alpha value is -3.42. The Bertz CT molecular complexity index is 911. The van der Waals surface area contributed by atoms with Crippen molar-refractivity contribution in [2.45, 2.75) is 26.9 Å². The van der Waals surface area contributed by atoms with E-state index in [1.54, 1.807) is 13.8 Å². The van der Waals surface area contributed by atoms with Gasteiger partial charge in [0.2, 0.25) is 11.7 Å². The maximum atomic E-state index is 12.6. The maximum absolute atomic E-state index is 12.6. The minimum absolute atomic E-state index is 0.175. The Morgan fingerprint density at radius 3 is 2.07 bits per heavy atom. The van der Waals surface area contributed by atoms with Crippen LogP contribution in [0, 0.1) is 13.8 Å². The number of esters is 2. The number of hydrogen-bond donors (Lipinski definition) is 2. The van der Waals surface area contributed by atoms with Crippen molar-refractivity contribution in [3.05, 3.63) is 57.9 Å². The molecule has 2 aromatic rings. The summed E-state index contributed by atoms with van der Waals surface area (Å²) in [6.07, 6.45) is -1.09. The van der Waals surface area contributed by atoms with Gasteiger partial charge in [-0.1, -0.05) is 0 Å². The zero-order valence-corrected chi connectivity index (χ0v) is 15.4. The van der Waals surface area contributed by atoms with Crippen LogP contribution in [0.2, 0.25) is 0 Å². The van der Waals surface area contributed by atoms with E-state index in [9.17, 15) is 19.2 Å². The van der Waals surface area contributed by atoms with Gasteiger partial charge in [-0.25, -0.2) is 9.59 Å². The number of nitrogens with one attached hydrogen (secondary N) is 1. The molecule has 0 unspecified atom stereocenters. The lowest BCUT2D eigenvalue weighted by Crippen LogP contribution is -2.25. The lowest BCUT2D eigenvalue weighted by Gasteiger charge is -2.12. The highest BCUT2D eigenvalue weighted by molar-refractivity contribution is 6.04. The summed E-state index contributed by atoms with van der Waals surface area (Å²) in [5.41, 5.74) is 6.95. The van der Waals surface area contributed by atoms with E-state index in [1.165, 1.54) is 38.3 Å². The van der Waals surface area contributed by atoms with Crippen LogP contribution in [0.1, 0.15) is 59.7 Å². The number of Topliss-reactive ketones (excluding diaryl/α,β-unsaturated/α-hetero) is 1. The van der Waals surface area contributed by atoms with Gasteiger partial charge < -0.3 is 20.2 Å². The third-order valence-electron chi connectivity index (χ3n) is 4.13. The highest BCUT2D eigenvalue weighted by atomic mass is 16.5. The molecule has 8 heteroatoms. The van der Waals surface area contributed by atoms with E-state index < -0.39 is 29.7 Å². The topological polar surface area (TPSA) is 129 Å². The van der Waals surface area contributed by atoms with E-state index >= 15 is 0 Å². The lowest BCUT2D eigenvalue weighted by molar-refractivity contribution is 0.0316. The zero-order chi connectivity index (χ0) is 20.3. The van der Waals surface area contributed by atoms with Crippen molar-refractivity contribution in [1.82, 2.24) is 4.98 Å². The molecule has 0 aliphatic heterocycles. The van der Waals surface area contributed by atoms with Crippen molar-refractivity contribution in [2.24, 2.45) is 5.73 Å². The zero-order valence-electron chi connectivity index (χ0n) is 15.4. The number of primary amides is 1. The average Bonchev–Trinajstić information content (AvgIpc) is 2.94. The van der Waals surface area contributed by atoms with Gasteiger partial charge in [0.1, 0.15) is 0 Å². The number of carbonyl (C=O) groups is 4. The summed E-state index contributed by atoms with van der Waals surface area (Å²) in [5, 5.41) is 0. The van der Waals surface area contributed by atoms with Crippen LogP contribution in [-0.2, 0) is 9.47 Å². The quantitative estimate of drug-likeness (QED) is 0.589. The number of nitrogens with two attached hydrogens (primary N) is 1. The Morgan fingerprint density at radius 2 is 1.56 bits per heavy atom.